The van der Waals surface area contributed by atoms with Crippen LogP contribution in [-0.4, -0.2) is 47.5 Å². The second-order valence-corrected chi connectivity index (χ2v) is 5.37. The lowest BCUT2D eigenvalue weighted by molar-refractivity contribution is 0.125. The average Bonchev–Trinajstić information content (AvgIpc) is 3.14. The van der Waals surface area contributed by atoms with Crippen LogP contribution in [-0.2, 0) is 17.9 Å². The van der Waals surface area contributed by atoms with Gasteiger partial charge in [-0.1, -0.05) is 30.3 Å². The van der Waals surface area contributed by atoms with Gasteiger partial charge in [-0.25, -0.2) is 0 Å². The van der Waals surface area contributed by atoms with E-state index in [0.717, 1.165) is 38.4 Å². The maximum atomic E-state index is 5.64. The van der Waals surface area contributed by atoms with Crippen LogP contribution in [0.15, 0.2) is 48.0 Å². The number of unbranched alkanes of at least 4 members (excludes halogenated alkanes) is 1. The monoisotopic (exact) mass is 330 g/mol. The van der Waals surface area contributed by atoms with Crippen molar-refractivity contribution in [2.45, 2.75) is 26.0 Å². The molecule has 7 nitrogen and oxygen atoms in total. The van der Waals surface area contributed by atoms with E-state index in [1.54, 1.807) is 19.7 Å². The van der Waals surface area contributed by atoms with Gasteiger partial charge in [0.15, 0.2) is 5.96 Å². The van der Waals surface area contributed by atoms with E-state index < -0.39 is 0 Å². The molecule has 0 unspecified atom stereocenters. The quantitative estimate of drug-likeness (QED) is 0.392. The zero-order chi connectivity index (χ0) is 16.9. The van der Waals surface area contributed by atoms with Crippen LogP contribution in [0.3, 0.4) is 0 Å². The largest absolute Gasteiger partial charge is 0.375 e. The number of rotatable bonds is 10. The van der Waals surface area contributed by atoms with Crippen molar-refractivity contribution < 1.29 is 4.74 Å². The van der Waals surface area contributed by atoms with Gasteiger partial charge in [-0.05, 0) is 18.4 Å². The van der Waals surface area contributed by atoms with Gasteiger partial charge in [0.2, 0.25) is 0 Å². The van der Waals surface area contributed by atoms with Gasteiger partial charge in [-0.15, -0.1) is 10.2 Å². The molecule has 0 aliphatic heterocycles. The maximum absolute atomic E-state index is 5.64. The molecule has 0 atom stereocenters. The Hall–Kier alpha value is -2.41. The molecule has 130 valence electrons. The predicted octanol–water partition coefficient (Wildman–Crippen LogP) is 1.44. The van der Waals surface area contributed by atoms with Gasteiger partial charge in [-0.3, -0.25) is 4.99 Å². The molecule has 0 saturated heterocycles. The molecule has 7 heteroatoms. The lowest BCUT2D eigenvalue weighted by atomic mass is 10.2. The summed E-state index contributed by atoms with van der Waals surface area (Å²) in [6.07, 6.45) is 5.61. The molecule has 0 aliphatic carbocycles. The van der Waals surface area contributed by atoms with Crippen molar-refractivity contribution in [3.63, 3.8) is 0 Å². The van der Waals surface area contributed by atoms with E-state index in [0.29, 0.717) is 13.2 Å². The molecule has 0 radical (unpaired) electrons. The number of hydrogen-bond acceptors (Lipinski definition) is 4. The molecule has 2 N–H and O–H groups in total. The summed E-state index contributed by atoms with van der Waals surface area (Å²) < 4.78 is 7.62. The Morgan fingerprint density at radius 2 is 1.83 bits per heavy atom. The minimum atomic E-state index is 0.637. The van der Waals surface area contributed by atoms with Crippen molar-refractivity contribution in [3.05, 3.63) is 48.5 Å². The summed E-state index contributed by atoms with van der Waals surface area (Å²) in [5.74, 6) is 0.808. The summed E-state index contributed by atoms with van der Waals surface area (Å²) in [7, 11) is 1.78. The Labute approximate surface area is 143 Å². The van der Waals surface area contributed by atoms with Crippen LogP contribution < -0.4 is 10.6 Å². The van der Waals surface area contributed by atoms with Crippen LogP contribution in [0.1, 0.15) is 18.4 Å². The maximum Gasteiger partial charge on any atom is 0.191 e. The zero-order valence-electron chi connectivity index (χ0n) is 14.2. The Kier molecular flexibility index (Phi) is 8.35. The first-order chi connectivity index (χ1) is 11.9. The molecule has 0 amide bonds. The first-order valence-corrected chi connectivity index (χ1v) is 8.27. The third kappa shape index (κ3) is 7.23. The fourth-order valence-corrected chi connectivity index (χ4v) is 2.19. The Balaban J connectivity index is 1.48. The zero-order valence-corrected chi connectivity index (χ0v) is 14.2. The predicted molar refractivity (Wildman–Crippen MR) is 94.7 cm³/mol. The van der Waals surface area contributed by atoms with Gasteiger partial charge >= 0.3 is 0 Å². The van der Waals surface area contributed by atoms with Crippen LogP contribution >= 0.6 is 0 Å². The van der Waals surface area contributed by atoms with Gasteiger partial charge in [0.05, 0.1) is 13.2 Å². The van der Waals surface area contributed by atoms with Crippen LogP contribution in [0, 0.1) is 0 Å². The van der Waals surface area contributed by atoms with Crippen LogP contribution in [0.25, 0.3) is 0 Å². The normalized spacial score (nSPS) is 11.5. The molecule has 0 saturated carbocycles. The fraction of sp³-hybridized carbons (Fsp3) is 0.471. The van der Waals surface area contributed by atoms with E-state index in [1.807, 2.05) is 22.8 Å². The summed E-state index contributed by atoms with van der Waals surface area (Å²) in [4.78, 5) is 4.21. The second kappa shape index (κ2) is 11.2. The molecule has 2 rings (SSSR count). The summed E-state index contributed by atoms with van der Waals surface area (Å²) in [5, 5.41) is 14.1. The minimum Gasteiger partial charge on any atom is -0.375 e. The highest BCUT2D eigenvalue weighted by molar-refractivity contribution is 5.79. The van der Waals surface area contributed by atoms with Gasteiger partial charge in [0.1, 0.15) is 12.7 Å². The topological polar surface area (TPSA) is 76.4 Å². The molecule has 1 aromatic carbocycles. The van der Waals surface area contributed by atoms with Gasteiger partial charge in [-0.2, -0.15) is 0 Å². The summed E-state index contributed by atoms with van der Waals surface area (Å²) in [5.41, 5.74) is 1.19. The van der Waals surface area contributed by atoms with Crippen molar-refractivity contribution in [3.8, 4) is 0 Å². The summed E-state index contributed by atoms with van der Waals surface area (Å²) in [6, 6.07) is 10.2. The number of hydrogen-bond donors (Lipinski definition) is 2. The van der Waals surface area contributed by atoms with E-state index in [1.165, 1.54) is 5.56 Å². The highest BCUT2D eigenvalue weighted by atomic mass is 16.5. The van der Waals surface area contributed by atoms with Crippen LogP contribution in [0.4, 0.5) is 0 Å². The highest BCUT2D eigenvalue weighted by Crippen LogP contribution is 1.99. The Morgan fingerprint density at radius 1 is 1.08 bits per heavy atom. The molecule has 1 heterocycles. The lowest BCUT2D eigenvalue weighted by Crippen LogP contribution is -2.39. The Bertz CT molecular complexity index is 570. The SMILES string of the molecule is CN=C(NCCCCn1cnnc1)NCCOCc1ccccc1. The third-order valence-electron chi connectivity index (χ3n) is 3.48. The molecular formula is C17H26N6O. The molecule has 2 aromatic rings. The van der Waals surface area contributed by atoms with Crippen molar-refractivity contribution in [1.29, 1.82) is 0 Å². The molecule has 0 aliphatic rings. The first-order valence-electron chi connectivity index (χ1n) is 8.27. The van der Waals surface area contributed by atoms with Crippen molar-refractivity contribution in [2.24, 2.45) is 4.99 Å². The molecule has 24 heavy (non-hydrogen) atoms. The molecule has 0 bridgehead atoms. The number of nitrogens with one attached hydrogen (secondary N) is 2. The van der Waals surface area contributed by atoms with Crippen molar-refractivity contribution in [2.75, 3.05) is 26.7 Å². The molecular weight excluding hydrogens is 304 g/mol. The molecule has 0 spiro atoms. The highest BCUT2D eigenvalue weighted by Gasteiger charge is 1.98. The van der Waals surface area contributed by atoms with Crippen LogP contribution in [0.2, 0.25) is 0 Å². The second-order valence-electron chi connectivity index (χ2n) is 5.37. The first kappa shape index (κ1) is 17.9. The minimum absolute atomic E-state index is 0.637. The Morgan fingerprint density at radius 3 is 2.58 bits per heavy atom. The summed E-state index contributed by atoms with van der Waals surface area (Å²) in [6.45, 7) is 3.83. The number of guanidine groups is 1. The number of benzene rings is 1. The number of ether oxygens (including phenoxy) is 1. The average molecular weight is 330 g/mol. The smallest absolute Gasteiger partial charge is 0.191 e. The fourth-order valence-electron chi connectivity index (χ4n) is 2.19. The third-order valence-corrected chi connectivity index (χ3v) is 3.48. The van der Waals surface area contributed by atoms with E-state index in [-0.39, 0.29) is 0 Å². The van der Waals surface area contributed by atoms with Crippen molar-refractivity contribution >= 4 is 5.96 Å². The lowest BCUT2D eigenvalue weighted by Gasteiger charge is -2.12. The van der Waals surface area contributed by atoms with Crippen LogP contribution in [0.5, 0.6) is 0 Å². The van der Waals surface area contributed by atoms with Gasteiger partial charge < -0.3 is 19.9 Å². The van der Waals surface area contributed by atoms with Gasteiger partial charge in [0, 0.05) is 26.7 Å². The van der Waals surface area contributed by atoms with Gasteiger partial charge in [0.25, 0.3) is 0 Å². The number of aromatic nitrogens is 3. The van der Waals surface area contributed by atoms with Crippen molar-refractivity contribution in [1.82, 2.24) is 25.4 Å². The molecule has 1 aromatic heterocycles. The standard InChI is InChI=1S/C17H26N6O/c1-18-17(19-9-5-6-11-23-14-21-22-15-23)20-10-12-24-13-16-7-3-2-4-8-16/h2-4,7-8,14-15H,5-6,9-13H2,1H3,(H2,18,19,20). The van der Waals surface area contributed by atoms with E-state index >= 15 is 0 Å². The van der Waals surface area contributed by atoms with E-state index in [4.69, 9.17) is 4.74 Å². The number of nitrogens with zero attached hydrogens (tertiary/aromatic N) is 4. The summed E-state index contributed by atoms with van der Waals surface area (Å²) >= 11 is 0. The van der Waals surface area contributed by atoms with E-state index in [9.17, 15) is 0 Å². The van der Waals surface area contributed by atoms with E-state index in [2.05, 4.69) is 38.0 Å². The number of aryl methyl sites for hydroxylation is 1. The number of aliphatic imine (C=N–C) groups is 1. The molecule has 0 fully saturated rings.